The molecule has 1 aliphatic carbocycles. The van der Waals surface area contributed by atoms with Gasteiger partial charge >= 0.3 is 0 Å². The van der Waals surface area contributed by atoms with Gasteiger partial charge in [-0.1, -0.05) is 18.2 Å². The number of carbonyl (C=O) groups is 1. The average Bonchev–Trinajstić information content (AvgIpc) is 2.90. The molecule has 0 aliphatic heterocycles. The van der Waals surface area contributed by atoms with E-state index >= 15 is 0 Å². The predicted octanol–water partition coefficient (Wildman–Crippen LogP) is 3.50. The highest BCUT2D eigenvalue weighted by atomic mass is 32.1. The number of aromatic nitrogens is 1. The molecule has 1 aromatic heterocycles. The molecule has 0 spiro atoms. The average molecular weight is 286 g/mol. The van der Waals surface area contributed by atoms with E-state index < -0.39 is 0 Å². The highest BCUT2D eigenvalue weighted by molar-refractivity contribution is 7.09. The van der Waals surface area contributed by atoms with Crippen LogP contribution < -0.4 is 5.32 Å². The van der Waals surface area contributed by atoms with Crippen LogP contribution in [0.1, 0.15) is 28.1 Å². The molecule has 3 nitrogen and oxygen atoms in total. The van der Waals surface area contributed by atoms with Crippen molar-refractivity contribution in [3.63, 3.8) is 0 Å². The Bertz CT molecular complexity index is 627. The minimum atomic E-state index is 0.0713. The number of hydrogen-bond donors (Lipinski definition) is 1. The van der Waals surface area contributed by atoms with Crippen LogP contribution in [0.3, 0.4) is 0 Å². The molecule has 0 saturated heterocycles. The molecule has 0 saturated carbocycles. The van der Waals surface area contributed by atoms with Gasteiger partial charge in [-0.05, 0) is 44.2 Å². The Hall–Kier alpha value is -1.68. The number of aryl methyl sites for hydroxylation is 3. The summed E-state index contributed by atoms with van der Waals surface area (Å²) in [5.74, 6) is 0.211. The Morgan fingerprint density at radius 2 is 2.10 bits per heavy atom. The Morgan fingerprint density at radius 3 is 2.85 bits per heavy atom. The number of fused-ring (bicyclic) bond motifs is 1. The van der Waals surface area contributed by atoms with Crippen molar-refractivity contribution in [1.29, 1.82) is 0 Å². The summed E-state index contributed by atoms with van der Waals surface area (Å²) in [5, 5.41) is 3.12. The second-order valence-corrected chi connectivity index (χ2v) is 6.36. The Balaban J connectivity index is 1.75. The number of carbonyl (C=O) groups excluding carboxylic acids is 1. The van der Waals surface area contributed by atoms with Gasteiger partial charge in [-0.15, -0.1) is 11.3 Å². The van der Waals surface area contributed by atoms with Crippen molar-refractivity contribution < 1.29 is 4.79 Å². The second kappa shape index (κ2) is 5.37. The highest BCUT2D eigenvalue weighted by Gasteiger charge is 2.26. The van der Waals surface area contributed by atoms with Gasteiger partial charge in [0.15, 0.2) is 0 Å². The molecule has 1 aliphatic rings. The highest BCUT2D eigenvalue weighted by Crippen LogP contribution is 2.29. The van der Waals surface area contributed by atoms with Crippen LogP contribution >= 0.6 is 11.3 Å². The molecule has 1 N–H and O–H groups in total. The third-order valence-electron chi connectivity index (χ3n) is 3.99. The first-order valence-electron chi connectivity index (χ1n) is 6.93. The third kappa shape index (κ3) is 2.48. The minimum Gasteiger partial charge on any atom is -0.325 e. The molecule has 20 heavy (non-hydrogen) atoms. The summed E-state index contributed by atoms with van der Waals surface area (Å²) in [4.78, 5) is 18.1. The van der Waals surface area contributed by atoms with Gasteiger partial charge in [0.1, 0.15) is 0 Å². The molecule has 4 heteroatoms. The quantitative estimate of drug-likeness (QED) is 0.918. The first-order chi connectivity index (χ1) is 9.65. The van der Waals surface area contributed by atoms with Crippen LogP contribution in [-0.2, 0) is 17.6 Å². The van der Waals surface area contributed by atoms with Crippen molar-refractivity contribution in [2.24, 2.45) is 5.92 Å². The smallest absolute Gasteiger partial charge is 0.227 e. The molecule has 3 rings (SSSR count). The molecule has 0 radical (unpaired) electrons. The molecule has 0 fully saturated rings. The summed E-state index contributed by atoms with van der Waals surface area (Å²) in [7, 11) is 0. The van der Waals surface area contributed by atoms with Crippen molar-refractivity contribution in [3.8, 4) is 0 Å². The second-order valence-electron chi connectivity index (χ2n) is 5.42. The number of benzene rings is 1. The van der Waals surface area contributed by atoms with Crippen LogP contribution in [0.4, 0.5) is 5.69 Å². The SMILES string of the molecule is Cc1cccc(C)c1NC(=O)C1CCc2ncsc2C1. The maximum atomic E-state index is 12.5. The standard InChI is InChI=1S/C16H18N2OS/c1-10-4-3-5-11(2)15(10)18-16(19)12-6-7-13-14(8-12)20-9-17-13/h3-5,9,12H,6-8H2,1-2H3,(H,18,19). The van der Waals surface area contributed by atoms with Crippen molar-refractivity contribution in [2.45, 2.75) is 33.1 Å². The maximum Gasteiger partial charge on any atom is 0.227 e. The molecular formula is C16H18N2OS. The summed E-state index contributed by atoms with van der Waals surface area (Å²) in [6, 6.07) is 6.08. The van der Waals surface area contributed by atoms with Crippen LogP contribution in [0.15, 0.2) is 23.7 Å². The largest absolute Gasteiger partial charge is 0.325 e. The first-order valence-corrected chi connectivity index (χ1v) is 7.81. The number of amides is 1. The minimum absolute atomic E-state index is 0.0713. The van der Waals surface area contributed by atoms with E-state index in [0.717, 1.165) is 36.1 Å². The fourth-order valence-electron chi connectivity index (χ4n) is 2.76. The molecule has 1 heterocycles. The van der Waals surface area contributed by atoms with Gasteiger partial charge in [0, 0.05) is 16.5 Å². The first kappa shape index (κ1) is 13.3. The normalized spacial score (nSPS) is 17.6. The van der Waals surface area contributed by atoms with E-state index in [2.05, 4.69) is 10.3 Å². The molecule has 104 valence electrons. The topological polar surface area (TPSA) is 42.0 Å². The zero-order valence-corrected chi connectivity index (χ0v) is 12.6. The van der Waals surface area contributed by atoms with Gasteiger partial charge in [-0.25, -0.2) is 4.98 Å². The predicted molar refractivity (Wildman–Crippen MR) is 82.2 cm³/mol. The van der Waals surface area contributed by atoms with Crippen molar-refractivity contribution in [3.05, 3.63) is 45.4 Å². The summed E-state index contributed by atoms with van der Waals surface area (Å²) in [6.07, 6.45) is 2.65. The van der Waals surface area contributed by atoms with E-state index in [4.69, 9.17) is 0 Å². The zero-order chi connectivity index (χ0) is 14.1. The number of para-hydroxylation sites is 1. The van der Waals surface area contributed by atoms with Crippen molar-refractivity contribution in [2.75, 3.05) is 5.32 Å². The van der Waals surface area contributed by atoms with E-state index in [-0.39, 0.29) is 11.8 Å². The van der Waals surface area contributed by atoms with Gasteiger partial charge in [0.25, 0.3) is 0 Å². The van der Waals surface area contributed by atoms with Gasteiger partial charge < -0.3 is 5.32 Å². The Kier molecular flexibility index (Phi) is 3.57. The van der Waals surface area contributed by atoms with Gasteiger partial charge in [-0.3, -0.25) is 4.79 Å². The lowest BCUT2D eigenvalue weighted by Crippen LogP contribution is -2.28. The van der Waals surface area contributed by atoms with E-state index in [9.17, 15) is 4.79 Å². The van der Waals surface area contributed by atoms with Gasteiger partial charge in [-0.2, -0.15) is 0 Å². The summed E-state index contributed by atoms with van der Waals surface area (Å²) < 4.78 is 0. The molecule has 1 amide bonds. The van der Waals surface area contributed by atoms with Crippen LogP contribution in [0.25, 0.3) is 0 Å². The third-order valence-corrected chi connectivity index (χ3v) is 4.88. The number of rotatable bonds is 2. The number of anilines is 1. The van der Waals surface area contributed by atoms with E-state index in [1.54, 1.807) is 11.3 Å². The van der Waals surface area contributed by atoms with Gasteiger partial charge in [0.2, 0.25) is 5.91 Å². The Labute approximate surface area is 123 Å². The van der Waals surface area contributed by atoms with Crippen LogP contribution in [-0.4, -0.2) is 10.9 Å². The number of nitrogens with zero attached hydrogens (tertiary/aromatic N) is 1. The van der Waals surface area contributed by atoms with E-state index in [1.807, 2.05) is 37.6 Å². The number of thiazole rings is 1. The lowest BCUT2D eigenvalue weighted by molar-refractivity contribution is -0.120. The number of hydrogen-bond acceptors (Lipinski definition) is 3. The van der Waals surface area contributed by atoms with Gasteiger partial charge in [0.05, 0.1) is 11.2 Å². The number of nitrogens with one attached hydrogen (secondary N) is 1. The summed E-state index contributed by atoms with van der Waals surface area (Å²) >= 11 is 1.67. The van der Waals surface area contributed by atoms with Crippen LogP contribution in [0, 0.1) is 19.8 Å². The Morgan fingerprint density at radius 1 is 1.35 bits per heavy atom. The fraction of sp³-hybridized carbons (Fsp3) is 0.375. The van der Waals surface area contributed by atoms with Crippen LogP contribution in [0.2, 0.25) is 0 Å². The maximum absolute atomic E-state index is 12.5. The van der Waals surface area contributed by atoms with E-state index in [1.165, 1.54) is 10.6 Å². The molecule has 1 aromatic carbocycles. The molecule has 1 unspecified atom stereocenters. The summed E-state index contributed by atoms with van der Waals surface area (Å²) in [6.45, 7) is 4.07. The molecule has 2 aromatic rings. The van der Waals surface area contributed by atoms with E-state index in [0.29, 0.717) is 0 Å². The zero-order valence-electron chi connectivity index (χ0n) is 11.8. The monoisotopic (exact) mass is 286 g/mol. The fourth-order valence-corrected chi connectivity index (χ4v) is 3.66. The van der Waals surface area contributed by atoms with Crippen molar-refractivity contribution >= 4 is 22.9 Å². The van der Waals surface area contributed by atoms with Crippen molar-refractivity contribution in [1.82, 2.24) is 4.98 Å². The lowest BCUT2D eigenvalue weighted by Gasteiger charge is -2.21. The molecule has 0 bridgehead atoms. The molecular weight excluding hydrogens is 268 g/mol. The lowest BCUT2D eigenvalue weighted by atomic mass is 9.90. The molecule has 1 atom stereocenters. The van der Waals surface area contributed by atoms with Crippen LogP contribution in [0.5, 0.6) is 0 Å². The summed E-state index contributed by atoms with van der Waals surface area (Å²) in [5.41, 5.74) is 6.27.